The Morgan fingerprint density at radius 2 is 2.03 bits per heavy atom. The minimum Gasteiger partial charge on any atom is -0.494 e. The van der Waals surface area contributed by atoms with Gasteiger partial charge in [0, 0.05) is 17.5 Å². The number of amides is 1. The number of fused-ring (bicyclic) bond motifs is 1. The van der Waals surface area contributed by atoms with Crippen molar-refractivity contribution in [3.63, 3.8) is 0 Å². The number of ether oxygens (including phenoxy) is 1. The predicted molar refractivity (Wildman–Crippen MR) is 124 cm³/mol. The average Bonchev–Trinajstić information content (AvgIpc) is 3.22. The van der Waals surface area contributed by atoms with Crippen LogP contribution in [-0.2, 0) is 17.9 Å². The van der Waals surface area contributed by atoms with E-state index in [1.165, 1.54) is 22.2 Å². The molecule has 0 saturated heterocycles. The molecule has 9 heteroatoms. The van der Waals surface area contributed by atoms with Crippen LogP contribution in [0.4, 0.5) is 5.13 Å². The highest BCUT2D eigenvalue weighted by molar-refractivity contribution is 7.22. The number of carbonyl (C=O) groups excluding carboxylic acids is 1. The molecule has 0 radical (unpaired) electrons. The summed E-state index contributed by atoms with van der Waals surface area (Å²) in [5.74, 6) is 0.484. The van der Waals surface area contributed by atoms with Crippen molar-refractivity contribution in [1.29, 1.82) is 0 Å². The molecule has 4 aromatic rings. The lowest BCUT2D eigenvalue weighted by Crippen LogP contribution is -2.37. The minimum absolute atomic E-state index is 0.139. The Labute approximate surface area is 189 Å². The molecule has 4 rings (SSSR count). The van der Waals surface area contributed by atoms with Gasteiger partial charge >= 0.3 is 0 Å². The van der Waals surface area contributed by atoms with Crippen LogP contribution in [-0.4, -0.2) is 32.0 Å². The third-order valence-corrected chi connectivity index (χ3v) is 6.10. The lowest BCUT2D eigenvalue weighted by molar-refractivity contribution is -0.119. The Bertz CT molecular complexity index is 1320. The fourth-order valence-electron chi connectivity index (χ4n) is 3.20. The number of nitrogens with zero attached hydrogens (tertiary/aromatic N) is 5. The summed E-state index contributed by atoms with van der Waals surface area (Å²) in [7, 11) is 0. The predicted octanol–water partition coefficient (Wildman–Crippen LogP) is 3.50. The van der Waals surface area contributed by atoms with Crippen LogP contribution in [0.25, 0.3) is 10.2 Å². The number of thiazole rings is 1. The minimum atomic E-state index is -0.271. The van der Waals surface area contributed by atoms with Crippen molar-refractivity contribution >= 4 is 32.6 Å². The van der Waals surface area contributed by atoms with Crippen molar-refractivity contribution in [2.75, 3.05) is 11.5 Å². The highest BCUT2D eigenvalue weighted by atomic mass is 32.1. The molecule has 0 atom stereocenters. The molecule has 0 bridgehead atoms. The molecule has 164 valence electrons. The molecule has 0 aliphatic rings. The van der Waals surface area contributed by atoms with E-state index in [1.807, 2.05) is 43.3 Å². The zero-order chi connectivity index (χ0) is 22.7. The number of hydrogen-bond acceptors (Lipinski definition) is 7. The first kappa shape index (κ1) is 21.6. The lowest BCUT2D eigenvalue weighted by Gasteiger charge is -2.20. The maximum atomic E-state index is 13.4. The number of aryl methyl sites for hydroxylation is 1. The number of carbonyl (C=O) groups is 1. The average molecular weight is 450 g/mol. The van der Waals surface area contributed by atoms with E-state index in [0.29, 0.717) is 23.0 Å². The van der Waals surface area contributed by atoms with Crippen LogP contribution in [0.1, 0.15) is 23.9 Å². The van der Waals surface area contributed by atoms with E-state index < -0.39 is 0 Å². The van der Waals surface area contributed by atoms with Gasteiger partial charge in [-0.3, -0.25) is 24.0 Å². The standard InChI is InChI=1S/C23H23N5O3S/c1-4-31-18-8-9-19-20(11-18)32-23(26-19)28(12-17-7-5-6-10-24-17)21(29)13-27-14-25-16(3)15(2)22(27)30/h5-11,14H,4,12-13H2,1-3H3. The highest BCUT2D eigenvalue weighted by Crippen LogP contribution is 2.32. The summed E-state index contributed by atoms with van der Waals surface area (Å²) in [6, 6.07) is 11.2. The molecule has 0 aliphatic carbocycles. The zero-order valence-electron chi connectivity index (χ0n) is 18.1. The molecule has 3 heterocycles. The maximum Gasteiger partial charge on any atom is 0.256 e. The number of anilines is 1. The third-order valence-electron chi connectivity index (χ3n) is 5.06. The van der Waals surface area contributed by atoms with Gasteiger partial charge in [-0.1, -0.05) is 17.4 Å². The smallest absolute Gasteiger partial charge is 0.256 e. The fraction of sp³-hybridized carbons (Fsp3) is 0.261. The van der Waals surface area contributed by atoms with Gasteiger partial charge in [0.05, 0.1) is 35.4 Å². The molecule has 0 spiro atoms. The first-order chi connectivity index (χ1) is 15.5. The Kier molecular flexibility index (Phi) is 6.27. The van der Waals surface area contributed by atoms with E-state index in [4.69, 9.17) is 4.74 Å². The van der Waals surface area contributed by atoms with Gasteiger partial charge in [0.1, 0.15) is 12.3 Å². The van der Waals surface area contributed by atoms with Crippen LogP contribution < -0.4 is 15.2 Å². The van der Waals surface area contributed by atoms with Crippen molar-refractivity contribution in [1.82, 2.24) is 19.5 Å². The second-order valence-electron chi connectivity index (χ2n) is 7.25. The Hall–Kier alpha value is -3.59. The highest BCUT2D eigenvalue weighted by Gasteiger charge is 2.22. The van der Waals surface area contributed by atoms with Crippen molar-refractivity contribution < 1.29 is 9.53 Å². The quantitative estimate of drug-likeness (QED) is 0.429. The van der Waals surface area contributed by atoms with Crippen LogP contribution in [0.3, 0.4) is 0 Å². The van der Waals surface area contributed by atoms with Gasteiger partial charge < -0.3 is 4.74 Å². The lowest BCUT2D eigenvalue weighted by atomic mass is 10.3. The molecule has 0 N–H and O–H groups in total. The van der Waals surface area contributed by atoms with Crippen LogP contribution in [0.2, 0.25) is 0 Å². The van der Waals surface area contributed by atoms with E-state index >= 15 is 0 Å². The van der Waals surface area contributed by atoms with Crippen molar-refractivity contribution in [3.05, 3.63) is 76.2 Å². The Morgan fingerprint density at radius 3 is 2.78 bits per heavy atom. The first-order valence-corrected chi connectivity index (χ1v) is 11.0. The van der Waals surface area contributed by atoms with E-state index in [-0.39, 0.29) is 24.6 Å². The Balaban J connectivity index is 1.70. The Morgan fingerprint density at radius 1 is 1.19 bits per heavy atom. The zero-order valence-corrected chi connectivity index (χ0v) is 18.9. The summed E-state index contributed by atoms with van der Waals surface area (Å²) in [6.07, 6.45) is 3.09. The molecule has 1 aromatic carbocycles. The molecule has 3 aromatic heterocycles. The topological polar surface area (TPSA) is 90.2 Å². The van der Waals surface area contributed by atoms with Gasteiger partial charge in [-0.2, -0.15) is 0 Å². The van der Waals surface area contributed by atoms with Gasteiger partial charge in [-0.15, -0.1) is 0 Å². The van der Waals surface area contributed by atoms with Crippen molar-refractivity contribution in [2.45, 2.75) is 33.9 Å². The summed E-state index contributed by atoms with van der Waals surface area (Å²) < 4.78 is 7.82. The van der Waals surface area contributed by atoms with Gasteiger partial charge in [0.15, 0.2) is 5.13 Å². The second-order valence-corrected chi connectivity index (χ2v) is 8.26. The summed E-state index contributed by atoms with van der Waals surface area (Å²) in [5, 5.41) is 0.536. The maximum absolute atomic E-state index is 13.4. The number of pyridine rings is 1. The molecule has 1 amide bonds. The largest absolute Gasteiger partial charge is 0.494 e. The molecule has 0 aliphatic heterocycles. The van der Waals surface area contributed by atoms with Crippen molar-refractivity contribution in [2.24, 2.45) is 0 Å². The van der Waals surface area contributed by atoms with E-state index in [1.54, 1.807) is 24.9 Å². The first-order valence-electron chi connectivity index (χ1n) is 10.2. The molecule has 8 nitrogen and oxygen atoms in total. The van der Waals surface area contributed by atoms with E-state index in [9.17, 15) is 9.59 Å². The number of aromatic nitrogens is 4. The van der Waals surface area contributed by atoms with Gasteiger partial charge in [-0.25, -0.2) is 9.97 Å². The third kappa shape index (κ3) is 4.52. The molecular weight excluding hydrogens is 426 g/mol. The van der Waals surface area contributed by atoms with Gasteiger partial charge in [0.25, 0.3) is 5.56 Å². The summed E-state index contributed by atoms with van der Waals surface area (Å²) in [5.41, 5.74) is 2.45. The molecular formula is C23H23N5O3S. The van der Waals surface area contributed by atoms with Gasteiger partial charge in [0.2, 0.25) is 5.91 Å². The SMILES string of the molecule is CCOc1ccc2nc(N(Cc3ccccn3)C(=O)Cn3cnc(C)c(C)c3=O)sc2c1. The normalized spacial score (nSPS) is 11.0. The van der Waals surface area contributed by atoms with Crippen LogP contribution >= 0.6 is 11.3 Å². The molecule has 0 unspecified atom stereocenters. The monoisotopic (exact) mass is 449 g/mol. The molecule has 0 fully saturated rings. The summed E-state index contributed by atoms with van der Waals surface area (Å²) >= 11 is 1.40. The van der Waals surface area contributed by atoms with Crippen LogP contribution in [0.15, 0.2) is 53.7 Å². The summed E-state index contributed by atoms with van der Waals surface area (Å²) in [4.78, 5) is 40.8. The van der Waals surface area contributed by atoms with E-state index in [0.717, 1.165) is 21.7 Å². The van der Waals surface area contributed by atoms with Crippen LogP contribution in [0.5, 0.6) is 5.75 Å². The number of hydrogen-bond donors (Lipinski definition) is 0. The number of rotatable bonds is 7. The number of benzene rings is 1. The summed E-state index contributed by atoms with van der Waals surface area (Å²) in [6.45, 7) is 6.08. The molecule has 32 heavy (non-hydrogen) atoms. The molecule has 0 saturated carbocycles. The van der Waals surface area contributed by atoms with Crippen molar-refractivity contribution in [3.8, 4) is 5.75 Å². The fourth-order valence-corrected chi connectivity index (χ4v) is 4.21. The van der Waals surface area contributed by atoms with E-state index in [2.05, 4.69) is 15.0 Å². The van der Waals surface area contributed by atoms with Crippen LogP contribution in [0, 0.1) is 13.8 Å². The second kappa shape index (κ2) is 9.27. The van der Waals surface area contributed by atoms with Gasteiger partial charge in [-0.05, 0) is 51.1 Å².